The van der Waals surface area contributed by atoms with Gasteiger partial charge in [-0.15, -0.1) is 0 Å². The van der Waals surface area contributed by atoms with Gasteiger partial charge in [-0.05, 0) is 113 Å². The summed E-state index contributed by atoms with van der Waals surface area (Å²) in [4.78, 5) is 5.03. The zero-order valence-corrected chi connectivity index (χ0v) is 24.9. The van der Waals surface area contributed by atoms with E-state index in [1.165, 1.54) is 37.9 Å². The highest BCUT2D eigenvalue weighted by atomic mass is 16.7. The molecule has 0 radical (unpaired) electrons. The summed E-state index contributed by atoms with van der Waals surface area (Å²) in [6.45, 7) is 8.38. The number of pyridine rings is 1. The van der Waals surface area contributed by atoms with Crippen molar-refractivity contribution in [3.8, 4) is 33.6 Å². The SMILES string of the molecule is CC1(C)OB(c2cccc(-c3cc4ccc5cc(-c6cccc(-c7ccccc7)n6)cc6ccc(c3)c4c56)c2)OC1(C)C. The molecule has 1 fully saturated rings. The zero-order valence-electron chi connectivity index (χ0n) is 24.9. The Kier molecular flexibility index (Phi) is 5.78. The van der Waals surface area contributed by atoms with Crippen LogP contribution < -0.4 is 5.46 Å². The molecule has 2 heterocycles. The number of hydrogen-bond acceptors (Lipinski definition) is 3. The van der Waals surface area contributed by atoms with Crippen LogP contribution in [0.5, 0.6) is 0 Å². The minimum Gasteiger partial charge on any atom is -0.399 e. The van der Waals surface area contributed by atoms with E-state index >= 15 is 0 Å². The summed E-state index contributed by atoms with van der Waals surface area (Å²) < 4.78 is 12.7. The molecule has 8 rings (SSSR count). The van der Waals surface area contributed by atoms with Gasteiger partial charge in [-0.3, -0.25) is 0 Å². The Morgan fingerprint density at radius 3 is 1.53 bits per heavy atom. The molecule has 0 aliphatic carbocycles. The summed E-state index contributed by atoms with van der Waals surface area (Å²) in [6, 6.07) is 43.4. The van der Waals surface area contributed by atoms with Crippen molar-refractivity contribution in [3.05, 3.63) is 121 Å². The topological polar surface area (TPSA) is 31.4 Å². The molecule has 0 unspecified atom stereocenters. The molecule has 0 N–H and O–H groups in total. The summed E-state index contributed by atoms with van der Waals surface area (Å²) >= 11 is 0. The van der Waals surface area contributed by atoms with Crippen LogP contribution in [0.1, 0.15) is 27.7 Å². The lowest BCUT2D eigenvalue weighted by molar-refractivity contribution is 0.00578. The van der Waals surface area contributed by atoms with E-state index in [0.29, 0.717) is 0 Å². The van der Waals surface area contributed by atoms with Crippen LogP contribution in [0.3, 0.4) is 0 Å². The zero-order chi connectivity index (χ0) is 29.3. The van der Waals surface area contributed by atoms with E-state index in [0.717, 1.165) is 33.5 Å². The Balaban J connectivity index is 1.19. The van der Waals surface area contributed by atoms with Crippen molar-refractivity contribution in [1.29, 1.82) is 0 Å². The predicted octanol–water partition coefficient (Wildman–Crippen LogP) is 9.28. The molecule has 4 heteroatoms. The molecule has 43 heavy (non-hydrogen) atoms. The summed E-state index contributed by atoms with van der Waals surface area (Å²) in [5.74, 6) is 0. The smallest absolute Gasteiger partial charge is 0.399 e. The summed E-state index contributed by atoms with van der Waals surface area (Å²) in [5.41, 5.74) is 6.86. The van der Waals surface area contributed by atoms with Crippen LogP contribution in [0.4, 0.5) is 0 Å². The first kappa shape index (κ1) is 26.1. The summed E-state index contributed by atoms with van der Waals surface area (Å²) in [6.07, 6.45) is 0. The number of benzene rings is 6. The summed E-state index contributed by atoms with van der Waals surface area (Å²) in [5, 5.41) is 7.54. The Bertz CT molecular complexity index is 2070. The van der Waals surface area contributed by atoms with Crippen molar-refractivity contribution in [2.45, 2.75) is 38.9 Å². The van der Waals surface area contributed by atoms with Gasteiger partial charge in [0.1, 0.15) is 0 Å². The third kappa shape index (κ3) is 4.33. The second-order valence-corrected chi connectivity index (χ2v) is 12.7. The first-order valence-electron chi connectivity index (χ1n) is 15.0. The van der Waals surface area contributed by atoms with Gasteiger partial charge in [-0.1, -0.05) is 84.9 Å². The molecular formula is C39H32BNO2. The molecule has 1 saturated heterocycles. The molecule has 0 saturated carbocycles. The monoisotopic (exact) mass is 557 g/mol. The van der Waals surface area contributed by atoms with Crippen LogP contribution in [-0.4, -0.2) is 23.3 Å². The predicted molar refractivity (Wildman–Crippen MR) is 180 cm³/mol. The maximum absolute atomic E-state index is 6.34. The largest absolute Gasteiger partial charge is 0.494 e. The van der Waals surface area contributed by atoms with Crippen LogP contribution in [0, 0.1) is 0 Å². The molecule has 208 valence electrons. The average molecular weight is 558 g/mol. The lowest BCUT2D eigenvalue weighted by Gasteiger charge is -2.32. The van der Waals surface area contributed by atoms with Crippen LogP contribution in [0.15, 0.2) is 121 Å². The fraction of sp³-hybridized carbons (Fsp3) is 0.154. The third-order valence-electron chi connectivity index (χ3n) is 9.39. The van der Waals surface area contributed by atoms with Crippen molar-refractivity contribution in [2.24, 2.45) is 0 Å². The first-order valence-corrected chi connectivity index (χ1v) is 15.0. The minimum atomic E-state index is -0.382. The standard InChI is InChI=1S/C39H32BNO2/c1-38(2)39(3,4)43-40(42-38)33-13-8-12-26(24-33)31-20-27-16-18-29-22-32(23-30-19-17-28(21-31)36(27)37(29)30)35-15-9-14-34(41-35)25-10-6-5-7-11-25/h5-24H,1-4H3. The lowest BCUT2D eigenvalue weighted by Crippen LogP contribution is -2.41. The van der Waals surface area contributed by atoms with E-state index < -0.39 is 0 Å². The number of aromatic nitrogens is 1. The fourth-order valence-electron chi connectivity index (χ4n) is 6.36. The molecule has 0 bridgehead atoms. The number of rotatable bonds is 4. The third-order valence-corrected chi connectivity index (χ3v) is 9.39. The van der Waals surface area contributed by atoms with Crippen LogP contribution in [0.25, 0.3) is 66.0 Å². The molecule has 7 aromatic rings. The Hall–Kier alpha value is -4.51. The van der Waals surface area contributed by atoms with Crippen molar-refractivity contribution in [3.63, 3.8) is 0 Å². The van der Waals surface area contributed by atoms with Gasteiger partial charge in [0, 0.05) is 11.1 Å². The van der Waals surface area contributed by atoms with E-state index in [-0.39, 0.29) is 18.3 Å². The number of hydrogen-bond donors (Lipinski definition) is 0. The van der Waals surface area contributed by atoms with Gasteiger partial charge in [0.2, 0.25) is 0 Å². The lowest BCUT2D eigenvalue weighted by atomic mass is 9.78. The maximum atomic E-state index is 6.34. The second-order valence-electron chi connectivity index (χ2n) is 12.7. The van der Waals surface area contributed by atoms with Gasteiger partial charge < -0.3 is 9.31 Å². The Morgan fingerprint density at radius 1 is 0.465 bits per heavy atom. The van der Waals surface area contributed by atoms with Gasteiger partial charge in [-0.2, -0.15) is 0 Å². The van der Waals surface area contributed by atoms with Crippen molar-refractivity contribution >= 4 is 44.9 Å². The van der Waals surface area contributed by atoms with E-state index in [1.54, 1.807) is 0 Å². The molecular weight excluding hydrogens is 525 g/mol. The van der Waals surface area contributed by atoms with Gasteiger partial charge in [0.15, 0.2) is 0 Å². The highest BCUT2D eigenvalue weighted by Crippen LogP contribution is 2.40. The molecule has 0 amide bonds. The van der Waals surface area contributed by atoms with Gasteiger partial charge in [0.25, 0.3) is 0 Å². The average Bonchev–Trinajstić information content (AvgIpc) is 3.26. The Labute approximate surface area is 252 Å². The highest BCUT2D eigenvalue weighted by Gasteiger charge is 2.51. The van der Waals surface area contributed by atoms with Crippen molar-refractivity contribution in [2.75, 3.05) is 0 Å². The minimum absolute atomic E-state index is 0.370. The van der Waals surface area contributed by atoms with E-state index in [4.69, 9.17) is 14.3 Å². The summed E-state index contributed by atoms with van der Waals surface area (Å²) in [7, 11) is -0.382. The van der Waals surface area contributed by atoms with Gasteiger partial charge in [0.05, 0.1) is 22.6 Å². The van der Waals surface area contributed by atoms with Crippen LogP contribution >= 0.6 is 0 Å². The first-order chi connectivity index (χ1) is 20.8. The normalized spacial score (nSPS) is 16.0. The quantitative estimate of drug-likeness (QED) is 0.160. The maximum Gasteiger partial charge on any atom is 0.494 e. The molecule has 1 aromatic heterocycles. The van der Waals surface area contributed by atoms with E-state index in [2.05, 4.69) is 143 Å². The van der Waals surface area contributed by atoms with Crippen molar-refractivity contribution in [1.82, 2.24) is 4.98 Å². The molecule has 6 aromatic carbocycles. The van der Waals surface area contributed by atoms with Gasteiger partial charge >= 0.3 is 7.12 Å². The van der Waals surface area contributed by atoms with Crippen molar-refractivity contribution < 1.29 is 9.31 Å². The van der Waals surface area contributed by atoms with E-state index in [9.17, 15) is 0 Å². The van der Waals surface area contributed by atoms with E-state index in [1.807, 2.05) is 6.07 Å². The second kappa shape index (κ2) is 9.50. The van der Waals surface area contributed by atoms with Crippen LogP contribution in [-0.2, 0) is 9.31 Å². The van der Waals surface area contributed by atoms with Gasteiger partial charge in [-0.25, -0.2) is 4.98 Å². The fourth-order valence-corrected chi connectivity index (χ4v) is 6.36. The molecule has 1 aliphatic rings. The molecule has 1 aliphatic heterocycles. The number of nitrogens with zero attached hydrogens (tertiary/aromatic N) is 1. The highest BCUT2D eigenvalue weighted by molar-refractivity contribution is 6.62. The molecule has 0 atom stereocenters. The molecule has 3 nitrogen and oxygen atoms in total. The van der Waals surface area contributed by atoms with Crippen LogP contribution in [0.2, 0.25) is 0 Å². The molecule has 0 spiro atoms. The Morgan fingerprint density at radius 2 is 0.953 bits per heavy atom.